The molecule has 0 amide bonds. The highest BCUT2D eigenvalue weighted by Gasteiger charge is 2.10. The van der Waals surface area contributed by atoms with E-state index in [-0.39, 0.29) is 0 Å². The van der Waals surface area contributed by atoms with Crippen LogP contribution in [0.3, 0.4) is 0 Å². The zero-order chi connectivity index (χ0) is 8.97. The minimum absolute atomic E-state index is 0.505. The van der Waals surface area contributed by atoms with Crippen LogP contribution in [0.1, 0.15) is 13.8 Å². The average molecular weight is 167 g/mol. The molecule has 0 aliphatic rings. The van der Waals surface area contributed by atoms with E-state index in [2.05, 4.69) is 24.3 Å². The lowest BCUT2D eigenvalue weighted by molar-refractivity contribution is 0.363. The summed E-state index contributed by atoms with van der Waals surface area (Å²) in [5.74, 6) is 0.638. The van der Waals surface area contributed by atoms with Gasteiger partial charge in [-0.05, 0) is 19.0 Å². The van der Waals surface area contributed by atoms with E-state index in [0.717, 1.165) is 6.54 Å². The van der Waals surface area contributed by atoms with E-state index in [4.69, 9.17) is 0 Å². The molecule has 3 heteroatoms. The van der Waals surface area contributed by atoms with E-state index < -0.39 is 0 Å². The van der Waals surface area contributed by atoms with Crippen molar-refractivity contribution in [2.45, 2.75) is 26.4 Å². The highest BCUT2D eigenvalue weighted by Crippen LogP contribution is 2.02. The fourth-order valence-corrected chi connectivity index (χ4v) is 1.25. The van der Waals surface area contributed by atoms with Crippen LogP contribution in [0.25, 0.3) is 0 Å². The second-order valence-electron chi connectivity index (χ2n) is 3.37. The molecule has 68 valence electrons. The van der Waals surface area contributed by atoms with E-state index in [1.807, 2.05) is 30.2 Å². The Morgan fingerprint density at radius 3 is 2.67 bits per heavy atom. The molecule has 1 aromatic heterocycles. The molecular formula is C9H17N3. The van der Waals surface area contributed by atoms with Gasteiger partial charge in [0.15, 0.2) is 0 Å². The molecule has 0 aromatic carbocycles. The molecule has 1 N–H and O–H groups in total. The Morgan fingerprint density at radius 2 is 2.25 bits per heavy atom. The number of nitrogens with zero attached hydrogens (tertiary/aromatic N) is 2. The minimum Gasteiger partial charge on any atom is -0.315 e. The van der Waals surface area contributed by atoms with Crippen LogP contribution in [0, 0.1) is 5.92 Å². The summed E-state index contributed by atoms with van der Waals surface area (Å²) in [6, 6.07) is 2.46. The van der Waals surface area contributed by atoms with Gasteiger partial charge < -0.3 is 5.32 Å². The van der Waals surface area contributed by atoms with Crippen LogP contribution in [0.4, 0.5) is 0 Å². The second-order valence-corrected chi connectivity index (χ2v) is 3.37. The summed E-state index contributed by atoms with van der Waals surface area (Å²) < 4.78 is 1.96. The minimum atomic E-state index is 0.505. The molecule has 0 saturated carbocycles. The Labute approximate surface area is 73.8 Å². The highest BCUT2D eigenvalue weighted by atomic mass is 15.3. The number of rotatable bonds is 4. The molecule has 0 bridgehead atoms. The Balaban J connectivity index is 2.48. The lowest BCUT2D eigenvalue weighted by Crippen LogP contribution is -2.35. The summed E-state index contributed by atoms with van der Waals surface area (Å²) in [6.07, 6.45) is 3.81. The van der Waals surface area contributed by atoms with Crippen molar-refractivity contribution in [3.05, 3.63) is 18.5 Å². The third kappa shape index (κ3) is 2.34. The molecule has 0 aliphatic carbocycles. The summed E-state index contributed by atoms with van der Waals surface area (Å²) in [5.41, 5.74) is 0. The van der Waals surface area contributed by atoms with Gasteiger partial charge in [-0.25, -0.2) is 0 Å². The summed E-state index contributed by atoms with van der Waals surface area (Å²) in [4.78, 5) is 0. The lowest BCUT2D eigenvalue weighted by atomic mass is 10.1. The Hall–Kier alpha value is -0.830. The topological polar surface area (TPSA) is 29.9 Å². The molecule has 0 radical (unpaired) electrons. The average Bonchev–Trinajstić information content (AvgIpc) is 2.51. The molecular weight excluding hydrogens is 150 g/mol. The quantitative estimate of drug-likeness (QED) is 0.728. The third-order valence-corrected chi connectivity index (χ3v) is 2.12. The maximum absolute atomic E-state index is 4.16. The van der Waals surface area contributed by atoms with Crippen molar-refractivity contribution in [2.24, 2.45) is 5.92 Å². The van der Waals surface area contributed by atoms with E-state index in [1.165, 1.54) is 0 Å². The van der Waals surface area contributed by atoms with E-state index in [9.17, 15) is 0 Å². The fraction of sp³-hybridized carbons (Fsp3) is 0.667. The molecule has 1 atom stereocenters. The van der Waals surface area contributed by atoms with Gasteiger partial charge in [-0.15, -0.1) is 0 Å². The van der Waals surface area contributed by atoms with Gasteiger partial charge in [0.05, 0.1) is 6.54 Å². The first-order valence-corrected chi connectivity index (χ1v) is 4.38. The number of hydrogen-bond donors (Lipinski definition) is 1. The van der Waals surface area contributed by atoms with Crippen LogP contribution in [0.2, 0.25) is 0 Å². The molecule has 1 aromatic rings. The molecule has 0 spiro atoms. The predicted octanol–water partition coefficient (Wildman–Crippen LogP) is 1.13. The maximum Gasteiger partial charge on any atom is 0.0565 e. The van der Waals surface area contributed by atoms with Crippen LogP contribution < -0.4 is 5.32 Å². The standard InChI is InChI=1S/C9H17N3/c1-8(2)9(10-3)7-12-6-4-5-11-12/h4-6,8-10H,7H2,1-3H3. The zero-order valence-electron chi connectivity index (χ0n) is 7.99. The summed E-state index contributed by atoms with van der Waals surface area (Å²) in [5, 5.41) is 7.44. The highest BCUT2D eigenvalue weighted by molar-refractivity contribution is 4.80. The lowest BCUT2D eigenvalue weighted by Gasteiger charge is -2.19. The molecule has 0 fully saturated rings. The van der Waals surface area contributed by atoms with Gasteiger partial charge in [-0.1, -0.05) is 13.8 Å². The van der Waals surface area contributed by atoms with E-state index >= 15 is 0 Å². The first kappa shape index (κ1) is 9.26. The van der Waals surface area contributed by atoms with Crippen molar-refractivity contribution < 1.29 is 0 Å². The van der Waals surface area contributed by atoms with Crippen LogP contribution >= 0.6 is 0 Å². The first-order valence-electron chi connectivity index (χ1n) is 4.38. The first-order chi connectivity index (χ1) is 5.74. The summed E-state index contributed by atoms with van der Waals surface area (Å²) in [7, 11) is 1.99. The van der Waals surface area contributed by atoms with Gasteiger partial charge in [0.1, 0.15) is 0 Å². The van der Waals surface area contributed by atoms with Crippen molar-refractivity contribution >= 4 is 0 Å². The van der Waals surface area contributed by atoms with Crippen molar-refractivity contribution in [1.29, 1.82) is 0 Å². The van der Waals surface area contributed by atoms with E-state index in [1.54, 1.807) is 0 Å². The number of aromatic nitrogens is 2. The number of nitrogens with one attached hydrogen (secondary N) is 1. The van der Waals surface area contributed by atoms with Gasteiger partial charge in [-0.2, -0.15) is 5.10 Å². The van der Waals surface area contributed by atoms with Crippen molar-refractivity contribution in [3.8, 4) is 0 Å². The molecule has 0 aliphatic heterocycles. The second kappa shape index (κ2) is 4.26. The Morgan fingerprint density at radius 1 is 1.50 bits per heavy atom. The fourth-order valence-electron chi connectivity index (χ4n) is 1.25. The van der Waals surface area contributed by atoms with Crippen molar-refractivity contribution in [3.63, 3.8) is 0 Å². The van der Waals surface area contributed by atoms with Crippen LogP contribution in [0.5, 0.6) is 0 Å². The summed E-state index contributed by atoms with van der Waals surface area (Å²) in [6.45, 7) is 5.37. The van der Waals surface area contributed by atoms with Gasteiger partial charge in [0.2, 0.25) is 0 Å². The monoisotopic (exact) mass is 167 g/mol. The van der Waals surface area contributed by atoms with Crippen molar-refractivity contribution in [1.82, 2.24) is 15.1 Å². The Kier molecular flexibility index (Phi) is 3.29. The molecule has 1 rings (SSSR count). The molecule has 12 heavy (non-hydrogen) atoms. The number of hydrogen-bond acceptors (Lipinski definition) is 2. The van der Waals surface area contributed by atoms with Gasteiger partial charge in [0, 0.05) is 18.4 Å². The zero-order valence-corrected chi connectivity index (χ0v) is 7.99. The SMILES string of the molecule is CNC(Cn1cccn1)C(C)C. The van der Waals surface area contributed by atoms with Gasteiger partial charge >= 0.3 is 0 Å². The number of likely N-dealkylation sites (N-methyl/N-ethyl adjacent to an activating group) is 1. The third-order valence-electron chi connectivity index (χ3n) is 2.12. The van der Waals surface area contributed by atoms with Crippen LogP contribution in [0.15, 0.2) is 18.5 Å². The van der Waals surface area contributed by atoms with Gasteiger partial charge in [0.25, 0.3) is 0 Å². The van der Waals surface area contributed by atoms with Crippen LogP contribution in [-0.4, -0.2) is 22.9 Å². The molecule has 3 nitrogen and oxygen atoms in total. The normalized spacial score (nSPS) is 13.7. The Bertz CT molecular complexity index is 204. The summed E-state index contributed by atoms with van der Waals surface area (Å²) >= 11 is 0. The van der Waals surface area contributed by atoms with Gasteiger partial charge in [-0.3, -0.25) is 4.68 Å². The van der Waals surface area contributed by atoms with Crippen molar-refractivity contribution in [2.75, 3.05) is 7.05 Å². The largest absolute Gasteiger partial charge is 0.315 e. The van der Waals surface area contributed by atoms with Crippen LogP contribution in [-0.2, 0) is 6.54 Å². The predicted molar refractivity (Wildman–Crippen MR) is 49.9 cm³/mol. The van der Waals surface area contributed by atoms with E-state index in [0.29, 0.717) is 12.0 Å². The molecule has 0 saturated heterocycles. The molecule has 1 heterocycles. The maximum atomic E-state index is 4.16. The molecule has 1 unspecified atom stereocenters. The smallest absolute Gasteiger partial charge is 0.0565 e.